The van der Waals surface area contributed by atoms with Gasteiger partial charge in [0.05, 0.1) is 10.9 Å². The number of aromatic nitrogens is 1. The maximum atomic E-state index is 12.8. The maximum absolute atomic E-state index is 12.8. The Labute approximate surface area is 182 Å². The van der Waals surface area contributed by atoms with Crippen molar-refractivity contribution in [1.29, 1.82) is 0 Å². The van der Waals surface area contributed by atoms with Crippen molar-refractivity contribution in [2.45, 2.75) is 49.6 Å². The van der Waals surface area contributed by atoms with E-state index >= 15 is 0 Å². The van der Waals surface area contributed by atoms with Crippen LogP contribution in [0.4, 0.5) is 0 Å². The minimum Gasteiger partial charge on any atom is -0.348 e. The lowest BCUT2D eigenvalue weighted by Crippen LogP contribution is -2.33. The van der Waals surface area contributed by atoms with Gasteiger partial charge in [-0.05, 0) is 67.5 Å². The highest BCUT2D eigenvalue weighted by Gasteiger charge is 2.27. The molecular weight excluding hydrogens is 410 g/mol. The largest absolute Gasteiger partial charge is 0.348 e. The summed E-state index contributed by atoms with van der Waals surface area (Å²) in [5.74, 6) is -0.0343. The highest BCUT2D eigenvalue weighted by molar-refractivity contribution is 7.89. The average molecular weight is 438 g/mol. The van der Waals surface area contributed by atoms with Gasteiger partial charge < -0.3 is 9.88 Å². The van der Waals surface area contributed by atoms with E-state index in [2.05, 4.69) is 17.4 Å². The molecule has 0 saturated carbocycles. The average Bonchev–Trinajstić information content (AvgIpc) is 3.45. The van der Waals surface area contributed by atoms with Crippen LogP contribution in [0.1, 0.15) is 42.9 Å². The fourth-order valence-corrected chi connectivity index (χ4v) is 6.41. The number of carbonyl (C=O) groups excluding carboxylic acids is 1. The standard InChI is InChI=1S/C24H27N3O3S/c28-24(25-22-9-5-7-18-6-1-2-8-21(18)22)17-26-15-12-19-16-20(10-11-23(19)26)31(29,30)27-13-3-4-14-27/h1-2,6,8,10-12,15-16,22H,3-5,7,9,13-14,17H2,(H,25,28)/t22-/m0/s1. The Morgan fingerprint density at radius 1 is 1.03 bits per heavy atom. The molecule has 0 radical (unpaired) electrons. The van der Waals surface area contributed by atoms with Crippen molar-refractivity contribution in [1.82, 2.24) is 14.2 Å². The third-order valence-corrected chi connectivity index (χ3v) is 8.36. The molecule has 1 amide bonds. The summed E-state index contributed by atoms with van der Waals surface area (Å²) in [6.45, 7) is 1.39. The predicted molar refractivity (Wildman–Crippen MR) is 120 cm³/mol. The van der Waals surface area contributed by atoms with Gasteiger partial charge in [0.1, 0.15) is 6.54 Å². The molecule has 3 aromatic rings. The summed E-state index contributed by atoms with van der Waals surface area (Å²) in [4.78, 5) is 13.1. The molecule has 2 aliphatic rings. The van der Waals surface area contributed by atoms with Crippen LogP contribution in [-0.4, -0.2) is 36.3 Å². The number of rotatable bonds is 5. The molecule has 1 aromatic heterocycles. The van der Waals surface area contributed by atoms with E-state index in [1.165, 1.54) is 11.1 Å². The monoisotopic (exact) mass is 437 g/mol. The summed E-state index contributed by atoms with van der Waals surface area (Å²) in [6, 6.07) is 15.4. The first-order chi connectivity index (χ1) is 15.0. The minimum absolute atomic E-state index is 0.0343. The van der Waals surface area contributed by atoms with E-state index in [1.807, 2.05) is 35.0 Å². The van der Waals surface area contributed by atoms with Crippen molar-refractivity contribution in [3.05, 3.63) is 65.9 Å². The molecule has 1 N–H and O–H groups in total. The number of benzene rings is 2. The first-order valence-corrected chi connectivity index (χ1v) is 12.4. The molecule has 6 nitrogen and oxygen atoms in total. The predicted octanol–water partition coefficient (Wildman–Crippen LogP) is 3.62. The van der Waals surface area contributed by atoms with Crippen molar-refractivity contribution in [3.8, 4) is 0 Å². The zero-order valence-electron chi connectivity index (χ0n) is 17.5. The molecule has 1 fully saturated rings. The number of sulfonamides is 1. The molecule has 2 aromatic carbocycles. The SMILES string of the molecule is O=C(Cn1ccc2cc(S(=O)(=O)N3CCCC3)ccc21)N[C@H]1CCCc2ccccc21. The topological polar surface area (TPSA) is 71.4 Å². The van der Waals surface area contributed by atoms with Crippen molar-refractivity contribution >= 4 is 26.8 Å². The zero-order chi connectivity index (χ0) is 21.4. The van der Waals surface area contributed by atoms with E-state index < -0.39 is 10.0 Å². The van der Waals surface area contributed by atoms with Crippen molar-refractivity contribution < 1.29 is 13.2 Å². The summed E-state index contributed by atoms with van der Waals surface area (Å²) in [7, 11) is -3.45. The number of amides is 1. The second-order valence-corrected chi connectivity index (χ2v) is 10.4. The summed E-state index contributed by atoms with van der Waals surface area (Å²) in [6.07, 6.45) is 6.77. The first-order valence-electron chi connectivity index (χ1n) is 11.0. The van der Waals surface area contributed by atoms with Crippen LogP contribution in [0.3, 0.4) is 0 Å². The zero-order valence-corrected chi connectivity index (χ0v) is 18.3. The van der Waals surface area contributed by atoms with Gasteiger partial charge in [-0.2, -0.15) is 4.31 Å². The summed E-state index contributed by atoms with van der Waals surface area (Å²) in [5, 5.41) is 4.02. The van der Waals surface area contributed by atoms with Gasteiger partial charge in [0, 0.05) is 30.2 Å². The Hall–Kier alpha value is -2.64. The van der Waals surface area contributed by atoms with Gasteiger partial charge in [0.2, 0.25) is 15.9 Å². The third-order valence-electron chi connectivity index (χ3n) is 6.46. The number of hydrogen-bond donors (Lipinski definition) is 1. The van der Waals surface area contributed by atoms with E-state index in [4.69, 9.17) is 0 Å². The van der Waals surface area contributed by atoms with Gasteiger partial charge in [-0.3, -0.25) is 4.79 Å². The fraction of sp³-hybridized carbons (Fsp3) is 0.375. The van der Waals surface area contributed by atoms with Gasteiger partial charge in [-0.25, -0.2) is 8.42 Å². The van der Waals surface area contributed by atoms with Crippen LogP contribution in [0.5, 0.6) is 0 Å². The molecule has 2 heterocycles. The smallest absolute Gasteiger partial charge is 0.243 e. The van der Waals surface area contributed by atoms with E-state index in [0.717, 1.165) is 43.0 Å². The van der Waals surface area contributed by atoms with Crippen LogP contribution >= 0.6 is 0 Å². The van der Waals surface area contributed by atoms with Crippen LogP contribution in [0.15, 0.2) is 59.6 Å². The normalized spacial score (nSPS) is 19.4. The summed E-state index contributed by atoms with van der Waals surface area (Å²) < 4.78 is 29.1. The van der Waals surface area contributed by atoms with E-state index in [1.54, 1.807) is 16.4 Å². The van der Waals surface area contributed by atoms with Gasteiger partial charge >= 0.3 is 0 Å². The molecule has 1 saturated heterocycles. The molecule has 162 valence electrons. The van der Waals surface area contributed by atoms with Crippen molar-refractivity contribution in [3.63, 3.8) is 0 Å². The fourth-order valence-electron chi connectivity index (χ4n) is 4.85. The second-order valence-electron chi connectivity index (χ2n) is 8.49. The second kappa shape index (κ2) is 8.13. The van der Waals surface area contributed by atoms with Crippen molar-refractivity contribution in [2.75, 3.05) is 13.1 Å². The molecule has 5 rings (SSSR count). The molecule has 31 heavy (non-hydrogen) atoms. The van der Waals surface area contributed by atoms with Gasteiger partial charge in [0.25, 0.3) is 0 Å². The molecule has 0 unspecified atom stereocenters. The minimum atomic E-state index is -3.45. The third kappa shape index (κ3) is 3.88. The number of carbonyl (C=O) groups is 1. The van der Waals surface area contributed by atoms with Gasteiger partial charge in [-0.15, -0.1) is 0 Å². The van der Waals surface area contributed by atoms with Crippen molar-refractivity contribution in [2.24, 2.45) is 0 Å². The highest BCUT2D eigenvalue weighted by atomic mass is 32.2. The number of hydrogen-bond acceptors (Lipinski definition) is 3. The maximum Gasteiger partial charge on any atom is 0.243 e. The van der Waals surface area contributed by atoms with Crippen LogP contribution in [0.25, 0.3) is 10.9 Å². The lowest BCUT2D eigenvalue weighted by atomic mass is 9.88. The Kier molecular flexibility index (Phi) is 5.32. The molecule has 1 atom stereocenters. The lowest BCUT2D eigenvalue weighted by Gasteiger charge is -2.26. The van der Waals surface area contributed by atoms with E-state index in [-0.39, 0.29) is 18.5 Å². The Morgan fingerprint density at radius 2 is 1.84 bits per heavy atom. The number of nitrogens with one attached hydrogen (secondary N) is 1. The van der Waals surface area contributed by atoms with Crippen LogP contribution in [0, 0.1) is 0 Å². The number of aryl methyl sites for hydroxylation is 1. The highest BCUT2D eigenvalue weighted by Crippen LogP contribution is 2.30. The van der Waals surface area contributed by atoms with Gasteiger partial charge in [-0.1, -0.05) is 24.3 Å². The van der Waals surface area contributed by atoms with Gasteiger partial charge in [0.15, 0.2) is 0 Å². The molecule has 0 spiro atoms. The molecule has 7 heteroatoms. The lowest BCUT2D eigenvalue weighted by molar-refractivity contribution is -0.122. The number of fused-ring (bicyclic) bond motifs is 2. The van der Waals surface area contributed by atoms with Crippen LogP contribution < -0.4 is 5.32 Å². The molecule has 1 aliphatic heterocycles. The summed E-state index contributed by atoms with van der Waals surface area (Å²) >= 11 is 0. The Morgan fingerprint density at radius 3 is 2.68 bits per heavy atom. The summed E-state index contributed by atoms with van der Waals surface area (Å²) in [5.41, 5.74) is 3.40. The quantitative estimate of drug-likeness (QED) is 0.663. The van der Waals surface area contributed by atoms with Crippen LogP contribution in [-0.2, 0) is 27.8 Å². The first kappa shape index (κ1) is 20.3. The number of nitrogens with zero attached hydrogens (tertiary/aromatic N) is 2. The van der Waals surface area contributed by atoms with E-state index in [9.17, 15) is 13.2 Å². The van der Waals surface area contributed by atoms with E-state index in [0.29, 0.717) is 18.0 Å². The Bertz CT molecular complexity index is 1230. The molecule has 1 aliphatic carbocycles. The molecule has 0 bridgehead atoms. The molecular formula is C24H27N3O3S. The van der Waals surface area contributed by atoms with Crippen LogP contribution in [0.2, 0.25) is 0 Å². The Balaban J connectivity index is 1.33.